The number of allylic oxidation sites excluding steroid dienone is 1. The molecule has 8 heteroatoms. The number of fused-ring (bicyclic) bond motifs is 1. The van der Waals surface area contributed by atoms with Crippen LogP contribution in [-0.4, -0.2) is 20.6 Å². The Labute approximate surface area is 156 Å². The lowest BCUT2D eigenvalue weighted by Crippen LogP contribution is -2.24. The molecule has 0 aliphatic heterocycles. The number of hydrogen-bond acceptors (Lipinski definition) is 5. The van der Waals surface area contributed by atoms with Crippen molar-refractivity contribution in [3.63, 3.8) is 0 Å². The van der Waals surface area contributed by atoms with Crippen molar-refractivity contribution in [2.24, 2.45) is 0 Å². The maximum Gasteiger partial charge on any atom is 0.263 e. The summed E-state index contributed by atoms with van der Waals surface area (Å²) >= 11 is 2.39. The topological polar surface area (TPSA) is 52.0 Å². The summed E-state index contributed by atoms with van der Waals surface area (Å²) in [6.45, 7) is 5.48. The van der Waals surface area contributed by atoms with Crippen LogP contribution in [0.25, 0.3) is 10.2 Å². The summed E-state index contributed by atoms with van der Waals surface area (Å²) in [5.41, 5.74) is -0.410. The molecule has 2 aromatic heterocycles. The molecule has 0 fully saturated rings. The van der Waals surface area contributed by atoms with Crippen molar-refractivity contribution >= 4 is 39.1 Å². The van der Waals surface area contributed by atoms with E-state index >= 15 is 0 Å². The van der Waals surface area contributed by atoms with Gasteiger partial charge in [0.05, 0.1) is 16.2 Å². The van der Waals surface area contributed by atoms with E-state index in [1.165, 1.54) is 15.9 Å². The zero-order valence-corrected chi connectivity index (χ0v) is 15.4. The van der Waals surface area contributed by atoms with Crippen LogP contribution in [0.4, 0.5) is 8.78 Å². The van der Waals surface area contributed by atoms with Gasteiger partial charge < -0.3 is 0 Å². The van der Waals surface area contributed by atoms with Crippen LogP contribution in [0.1, 0.15) is 17.3 Å². The van der Waals surface area contributed by atoms with Gasteiger partial charge in [0.2, 0.25) is 0 Å². The Bertz CT molecular complexity index is 1060. The molecule has 26 heavy (non-hydrogen) atoms. The fourth-order valence-corrected chi connectivity index (χ4v) is 4.22. The van der Waals surface area contributed by atoms with Crippen LogP contribution >= 0.6 is 23.1 Å². The fourth-order valence-electron chi connectivity index (χ4n) is 2.43. The molecule has 1 aromatic carbocycles. The number of thioether (sulfide) groups is 1. The third-order valence-corrected chi connectivity index (χ3v) is 5.60. The van der Waals surface area contributed by atoms with Gasteiger partial charge in [-0.2, -0.15) is 0 Å². The van der Waals surface area contributed by atoms with Gasteiger partial charge in [-0.1, -0.05) is 17.8 Å². The van der Waals surface area contributed by atoms with Gasteiger partial charge in [-0.05, 0) is 30.5 Å². The van der Waals surface area contributed by atoms with E-state index in [0.29, 0.717) is 21.4 Å². The van der Waals surface area contributed by atoms with Crippen molar-refractivity contribution in [1.82, 2.24) is 9.55 Å². The van der Waals surface area contributed by atoms with Crippen LogP contribution in [-0.2, 0) is 6.54 Å². The van der Waals surface area contributed by atoms with E-state index in [1.807, 2.05) is 0 Å². The molecular weight excluding hydrogens is 378 g/mol. The molecule has 0 radical (unpaired) electrons. The Morgan fingerprint density at radius 3 is 2.88 bits per heavy atom. The molecule has 0 amide bonds. The lowest BCUT2D eigenvalue weighted by Gasteiger charge is -2.14. The van der Waals surface area contributed by atoms with Gasteiger partial charge in [-0.15, -0.1) is 17.9 Å². The first-order valence-corrected chi connectivity index (χ1v) is 9.43. The number of carbonyl (C=O) groups is 1. The monoisotopic (exact) mass is 392 g/mol. The number of thiophene rings is 1. The number of halogens is 2. The second-order valence-electron chi connectivity index (χ2n) is 5.49. The number of hydrogen-bond donors (Lipinski definition) is 0. The lowest BCUT2D eigenvalue weighted by molar-refractivity contribution is 0.0990. The maximum atomic E-state index is 13.9. The zero-order chi connectivity index (χ0) is 18.8. The van der Waals surface area contributed by atoms with Crippen molar-refractivity contribution < 1.29 is 13.6 Å². The highest BCUT2D eigenvalue weighted by atomic mass is 32.2. The molecule has 3 aromatic rings. The summed E-state index contributed by atoms with van der Waals surface area (Å²) in [5.74, 6) is -2.16. The molecule has 0 aliphatic rings. The first-order chi connectivity index (χ1) is 12.4. The van der Waals surface area contributed by atoms with Crippen molar-refractivity contribution in [2.75, 3.05) is 0 Å². The van der Waals surface area contributed by atoms with Crippen LogP contribution < -0.4 is 5.56 Å². The molecule has 134 valence electrons. The molecule has 1 atom stereocenters. The Kier molecular flexibility index (Phi) is 5.33. The van der Waals surface area contributed by atoms with Gasteiger partial charge in [0, 0.05) is 12.6 Å². The van der Waals surface area contributed by atoms with Gasteiger partial charge >= 0.3 is 0 Å². The predicted octanol–water partition coefficient (Wildman–Crippen LogP) is 4.29. The van der Waals surface area contributed by atoms with Crippen molar-refractivity contribution in [3.05, 3.63) is 69.9 Å². The molecule has 0 aliphatic carbocycles. The Balaban J connectivity index is 1.96. The van der Waals surface area contributed by atoms with Crippen LogP contribution in [0.5, 0.6) is 0 Å². The fraction of sp³-hybridized carbons (Fsp3) is 0.167. The van der Waals surface area contributed by atoms with Gasteiger partial charge in [-0.25, -0.2) is 13.8 Å². The van der Waals surface area contributed by atoms with E-state index < -0.39 is 22.7 Å². The summed E-state index contributed by atoms with van der Waals surface area (Å²) in [6, 6.07) is 4.54. The van der Waals surface area contributed by atoms with Crippen LogP contribution in [0.3, 0.4) is 0 Å². The number of benzene rings is 1. The highest BCUT2D eigenvalue weighted by Crippen LogP contribution is 2.27. The summed E-state index contributed by atoms with van der Waals surface area (Å²) in [7, 11) is 0. The Hall–Kier alpha value is -2.32. The summed E-state index contributed by atoms with van der Waals surface area (Å²) in [4.78, 5) is 30.2. The van der Waals surface area contributed by atoms with E-state index in [2.05, 4.69) is 11.6 Å². The van der Waals surface area contributed by atoms with Crippen molar-refractivity contribution in [3.8, 4) is 0 Å². The minimum absolute atomic E-state index is 0.193. The van der Waals surface area contributed by atoms with Crippen LogP contribution in [0.2, 0.25) is 0 Å². The molecule has 1 unspecified atom stereocenters. The summed E-state index contributed by atoms with van der Waals surface area (Å²) in [6.07, 6.45) is 1.57. The van der Waals surface area contributed by atoms with Gasteiger partial charge in [0.25, 0.3) is 5.56 Å². The first kappa shape index (κ1) is 18.5. The van der Waals surface area contributed by atoms with Crippen LogP contribution in [0, 0.1) is 11.6 Å². The van der Waals surface area contributed by atoms with E-state index in [0.717, 1.165) is 23.9 Å². The Morgan fingerprint density at radius 2 is 2.19 bits per heavy atom. The number of nitrogens with zero attached hydrogens (tertiary/aromatic N) is 2. The average Bonchev–Trinajstić information content (AvgIpc) is 3.06. The molecule has 0 saturated carbocycles. The summed E-state index contributed by atoms with van der Waals surface area (Å²) in [5, 5.41) is 1.92. The maximum absolute atomic E-state index is 13.9. The SMILES string of the molecule is C=CCn1c(SC(C)C(=O)c2ccc(F)cc2F)nc2sccc2c1=O. The molecule has 0 N–H and O–H groups in total. The number of carbonyl (C=O) groups excluding carboxylic acids is 1. The molecular formula is C18H14F2N2O2S2. The van der Waals surface area contributed by atoms with Crippen molar-refractivity contribution in [1.29, 1.82) is 0 Å². The predicted molar refractivity (Wildman–Crippen MR) is 100 cm³/mol. The molecule has 0 saturated heterocycles. The van der Waals surface area contributed by atoms with Crippen LogP contribution in [0.15, 0.2) is 52.3 Å². The highest BCUT2D eigenvalue weighted by molar-refractivity contribution is 8.00. The lowest BCUT2D eigenvalue weighted by atomic mass is 10.1. The van der Waals surface area contributed by atoms with E-state index in [9.17, 15) is 18.4 Å². The minimum atomic E-state index is -0.910. The van der Waals surface area contributed by atoms with Crippen molar-refractivity contribution in [2.45, 2.75) is 23.9 Å². The van der Waals surface area contributed by atoms with Gasteiger partial charge in [-0.3, -0.25) is 14.2 Å². The second kappa shape index (κ2) is 7.51. The molecule has 3 rings (SSSR count). The standard InChI is InChI=1S/C18H14F2N2O2S2/c1-3-7-22-17(24)13-6-8-25-16(13)21-18(22)26-10(2)15(23)12-5-4-11(19)9-14(12)20/h3-6,8-10H,1,7H2,2H3. The van der Waals surface area contributed by atoms with E-state index in [1.54, 1.807) is 24.4 Å². The second-order valence-corrected chi connectivity index (χ2v) is 7.69. The summed E-state index contributed by atoms with van der Waals surface area (Å²) < 4.78 is 28.4. The molecule has 4 nitrogen and oxygen atoms in total. The van der Waals surface area contributed by atoms with E-state index in [4.69, 9.17) is 0 Å². The van der Waals surface area contributed by atoms with Gasteiger partial charge in [0.15, 0.2) is 10.9 Å². The molecule has 2 heterocycles. The first-order valence-electron chi connectivity index (χ1n) is 7.67. The van der Waals surface area contributed by atoms with E-state index in [-0.39, 0.29) is 17.7 Å². The highest BCUT2D eigenvalue weighted by Gasteiger charge is 2.23. The molecule has 0 spiro atoms. The number of rotatable bonds is 6. The smallest absolute Gasteiger partial charge is 0.263 e. The average molecular weight is 392 g/mol. The quantitative estimate of drug-likeness (QED) is 0.272. The normalized spacial score (nSPS) is 12.3. The number of aromatic nitrogens is 2. The minimum Gasteiger partial charge on any atom is -0.293 e. The number of Topliss-reactive ketones (excluding diaryl/α,β-unsaturated/α-hetero) is 1. The number of ketones is 1. The zero-order valence-electron chi connectivity index (χ0n) is 13.7. The largest absolute Gasteiger partial charge is 0.293 e. The third-order valence-electron chi connectivity index (χ3n) is 3.71. The Morgan fingerprint density at radius 1 is 1.42 bits per heavy atom. The third kappa shape index (κ3) is 3.47. The molecule has 0 bridgehead atoms. The van der Waals surface area contributed by atoms with Gasteiger partial charge in [0.1, 0.15) is 16.5 Å².